The lowest BCUT2D eigenvalue weighted by Crippen LogP contribution is -2.32. The van der Waals surface area contributed by atoms with Crippen molar-refractivity contribution in [3.05, 3.63) is 62.5 Å². The number of hydrogen-bond acceptors (Lipinski definition) is 9. The van der Waals surface area contributed by atoms with Gasteiger partial charge in [0.25, 0.3) is 5.69 Å². The zero-order valence-corrected chi connectivity index (χ0v) is 19.0. The fourth-order valence-corrected chi connectivity index (χ4v) is 4.18. The number of methoxy groups -OCH3 is 1. The lowest BCUT2D eigenvalue weighted by molar-refractivity contribution is -0.384. The van der Waals surface area contributed by atoms with Crippen molar-refractivity contribution in [1.29, 1.82) is 5.26 Å². The van der Waals surface area contributed by atoms with Gasteiger partial charge in [-0.1, -0.05) is 12.1 Å². The van der Waals surface area contributed by atoms with Crippen LogP contribution in [0.5, 0.6) is 0 Å². The molecule has 0 saturated heterocycles. The zero-order valence-electron chi connectivity index (χ0n) is 18.2. The van der Waals surface area contributed by atoms with Crippen LogP contribution in [0, 0.1) is 21.4 Å². The summed E-state index contributed by atoms with van der Waals surface area (Å²) < 4.78 is 10.4. The number of carbonyl (C=O) groups excluding carboxylic acids is 2. The molecule has 0 radical (unpaired) electrons. The van der Waals surface area contributed by atoms with Gasteiger partial charge >= 0.3 is 11.9 Å². The Morgan fingerprint density at radius 1 is 1.22 bits per heavy atom. The summed E-state index contributed by atoms with van der Waals surface area (Å²) in [7, 11) is 1.24. The fraction of sp³-hybridized carbons (Fsp3) is 0.409. The Labute approximate surface area is 190 Å². The minimum absolute atomic E-state index is 0.150. The Morgan fingerprint density at radius 2 is 1.91 bits per heavy atom. The van der Waals surface area contributed by atoms with E-state index in [4.69, 9.17) is 14.7 Å². The van der Waals surface area contributed by atoms with E-state index in [-0.39, 0.29) is 23.4 Å². The van der Waals surface area contributed by atoms with Crippen LogP contribution in [0.4, 0.5) is 5.69 Å². The van der Waals surface area contributed by atoms with Crippen LogP contribution in [-0.4, -0.2) is 42.1 Å². The third-order valence-electron chi connectivity index (χ3n) is 4.82. The average Bonchev–Trinajstić information content (AvgIpc) is 2.77. The lowest BCUT2D eigenvalue weighted by Gasteiger charge is -2.30. The third-order valence-corrected chi connectivity index (χ3v) is 5.89. The van der Waals surface area contributed by atoms with Crippen molar-refractivity contribution in [2.45, 2.75) is 32.6 Å². The number of allylic oxidation sites excluding steroid dienone is 2. The summed E-state index contributed by atoms with van der Waals surface area (Å²) in [6, 6.07) is 7.91. The Bertz CT molecular complexity index is 996. The summed E-state index contributed by atoms with van der Waals surface area (Å²) in [6.45, 7) is 3.55. The van der Waals surface area contributed by atoms with Gasteiger partial charge in [0.2, 0.25) is 0 Å². The summed E-state index contributed by atoms with van der Waals surface area (Å²) in [4.78, 5) is 36.4. The van der Waals surface area contributed by atoms with Gasteiger partial charge < -0.3 is 14.8 Å². The van der Waals surface area contributed by atoms with E-state index in [1.54, 1.807) is 31.7 Å². The van der Waals surface area contributed by atoms with E-state index >= 15 is 0 Å². The van der Waals surface area contributed by atoms with E-state index in [9.17, 15) is 19.7 Å². The quantitative estimate of drug-likeness (QED) is 0.241. The molecule has 0 bridgehead atoms. The summed E-state index contributed by atoms with van der Waals surface area (Å²) in [5, 5.41) is 22.9. The molecule has 1 aromatic carbocycles. The van der Waals surface area contributed by atoms with Crippen LogP contribution in [-0.2, 0) is 19.1 Å². The van der Waals surface area contributed by atoms with Crippen LogP contribution in [0.25, 0.3) is 0 Å². The summed E-state index contributed by atoms with van der Waals surface area (Å²) in [5.74, 6) is -0.659. The topological polar surface area (TPSA) is 132 Å². The molecule has 9 nitrogen and oxygen atoms in total. The SMILES string of the molecule is COC(=O)C1=C(C)NC(C)=C(C(=O)OCCCSCCC#N)C1c1cccc([N+](=O)[O-])c1. The van der Waals surface area contributed by atoms with Gasteiger partial charge in [-0.25, -0.2) is 9.59 Å². The van der Waals surface area contributed by atoms with Gasteiger partial charge in [0, 0.05) is 35.7 Å². The van der Waals surface area contributed by atoms with Gasteiger partial charge in [-0.15, -0.1) is 0 Å². The number of benzene rings is 1. The molecule has 0 aromatic heterocycles. The van der Waals surface area contributed by atoms with Gasteiger partial charge in [-0.05, 0) is 31.6 Å². The first-order chi connectivity index (χ1) is 15.3. The van der Waals surface area contributed by atoms with Crippen LogP contribution in [0.1, 0.15) is 38.2 Å². The van der Waals surface area contributed by atoms with Gasteiger partial charge in [-0.3, -0.25) is 10.1 Å². The molecule has 170 valence electrons. The van der Waals surface area contributed by atoms with Crippen molar-refractivity contribution in [3.63, 3.8) is 0 Å². The van der Waals surface area contributed by atoms with Gasteiger partial charge in [0.05, 0.1) is 41.8 Å². The third kappa shape index (κ3) is 6.11. The molecule has 2 rings (SSSR count). The van der Waals surface area contributed by atoms with Crippen LogP contribution in [0.2, 0.25) is 0 Å². The van der Waals surface area contributed by atoms with Crippen LogP contribution < -0.4 is 5.32 Å². The molecule has 1 aliphatic rings. The second-order valence-corrected chi connectivity index (χ2v) is 8.21. The molecule has 0 aliphatic carbocycles. The van der Waals surface area contributed by atoms with Gasteiger partial charge in [-0.2, -0.15) is 17.0 Å². The number of nitro benzene ring substituents is 1. The maximum Gasteiger partial charge on any atom is 0.336 e. The number of dihydropyridines is 1. The molecule has 0 spiro atoms. The fourth-order valence-electron chi connectivity index (χ4n) is 3.42. The standard InChI is InChI=1S/C22H25N3O6S/c1-14-18(21(26)30-3)20(16-7-4-8-17(13-16)25(28)29)19(15(2)24-14)22(27)31-10-6-12-32-11-5-9-23/h4,7-8,13,20,24H,5-6,10-12H2,1-3H3. The van der Waals surface area contributed by atoms with E-state index in [1.807, 2.05) is 0 Å². The van der Waals surface area contributed by atoms with Crippen molar-refractivity contribution in [2.24, 2.45) is 0 Å². The molecule has 1 aromatic rings. The maximum absolute atomic E-state index is 13.0. The first kappa shape index (κ1) is 24.9. The van der Waals surface area contributed by atoms with Crippen LogP contribution >= 0.6 is 11.8 Å². The predicted octanol–water partition coefficient (Wildman–Crippen LogP) is 3.58. The van der Waals surface area contributed by atoms with Crippen molar-refractivity contribution >= 4 is 29.4 Å². The molecule has 1 aliphatic heterocycles. The Morgan fingerprint density at radius 3 is 2.53 bits per heavy atom. The smallest absolute Gasteiger partial charge is 0.336 e. The number of ether oxygens (including phenoxy) is 2. The first-order valence-corrected chi connectivity index (χ1v) is 11.1. The highest BCUT2D eigenvalue weighted by atomic mass is 32.2. The number of nitrogens with zero attached hydrogens (tertiary/aromatic N) is 2. The zero-order chi connectivity index (χ0) is 23.7. The highest BCUT2D eigenvalue weighted by molar-refractivity contribution is 7.99. The monoisotopic (exact) mass is 459 g/mol. The number of non-ortho nitro benzene ring substituents is 1. The molecular weight excluding hydrogens is 434 g/mol. The normalized spacial score (nSPS) is 15.6. The summed E-state index contributed by atoms with van der Waals surface area (Å²) in [6.07, 6.45) is 1.08. The molecule has 1 N–H and O–H groups in total. The number of nitrogens with one attached hydrogen (secondary N) is 1. The van der Waals surface area contributed by atoms with Crippen molar-refractivity contribution in [3.8, 4) is 6.07 Å². The molecule has 1 atom stereocenters. The minimum atomic E-state index is -0.874. The molecule has 0 fully saturated rings. The van der Waals surface area contributed by atoms with E-state index in [0.29, 0.717) is 29.8 Å². The molecule has 1 unspecified atom stereocenters. The minimum Gasteiger partial charge on any atom is -0.466 e. The number of nitriles is 1. The predicted molar refractivity (Wildman–Crippen MR) is 120 cm³/mol. The van der Waals surface area contributed by atoms with E-state index < -0.39 is 22.8 Å². The Hall–Kier alpha value is -3.32. The van der Waals surface area contributed by atoms with Crippen molar-refractivity contribution in [2.75, 3.05) is 25.2 Å². The van der Waals surface area contributed by atoms with E-state index in [2.05, 4.69) is 11.4 Å². The highest BCUT2D eigenvalue weighted by Gasteiger charge is 2.38. The molecule has 0 saturated carbocycles. The van der Waals surface area contributed by atoms with Gasteiger partial charge in [0.1, 0.15) is 0 Å². The number of hydrogen-bond donors (Lipinski definition) is 1. The number of thioether (sulfide) groups is 1. The Balaban J connectivity index is 2.32. The maximum atomic E-state index is 13.0. The lowest BCUT2D eigenvalue weighted by atomic mass is 9.80. The Kier molecular flexibility index (Phi) is 9.28. The summed E-state index contributed by atoms with van der Waals surface area (Å²) >= 11 is 1.60. The van der Waals surface area contributed by atoms with E-state index in [1.165, 1.54) is 25.3 Å². The molecular formula is C22H25N3O6S. The summed E-state index contributed by atoms with van der Waals surface area (Å²) in [5.41, 5.74) is 1.66. The van der Waals surface area contributed by atoms with Gasteiger partial charge in [0.15, 0.2) is 0 Å². The highest BCUT2D eigenvalue weighted by Crippen LogP contribution is 2.40. The van der Waals surface area contributed by atoms with E-state index in [0.717, 1.165) is 11.5 Å². The average molecular weight is 460 g/mol. The molecule has 1 heterocycles. The number of nitro groups is 1. The largest absolute Gasteiger partial charge is 0.466 e. The van der Waals surface area contributed by atoms with Crippen LogP contribution in [0.3, 0.4) is 0 Å². The van der Waals surface area contributed by atoms with Crippen LogP contribution in [0.15, 0.2) is 46.8 Å². The molecule has 10 heteroatoms. The number of rotatable bonds is 10. The van der Waals surface area contributed by atoms with Crippen molar-refractivity contribution < 1.29 is 24.0 Å². The molecule has 0 amide bonds. The van der Waals surface area contributed by atoms with Crippen molar-refractivity contribution in [1.82, 2.24) is 5.32 Å². The number of carbonyl (C=O) groups is 2. The second kappa shape index (κ2) is 11.9. The first-order valence-electron chi connectivity index (χ1n) is 9.94. The second-order valence-electron chi connectivity index (χ2n) is 6.99. The molecule has 32 heavy (non-hydrogen) atoms. The number of esters is 2.